The molecule has 1 nitrogen and oxygen atoms in total. The molecule has 0 bridgehead atoms. The highest BCUT2D eigenvalue weighted by molar-refractivity contribution is 5.33. The lowest BCUT2D eigenvalue weighted by Gasteiger charge is -2.31. The maximum absolute atomic E-state index is 2.50. The van der Waals surface area contributed by atoms with Gasteiger partial charge < -0.3 is 0 Å². The van der Waals surface area contributed by atoms with E-state index in [1.54, 1.807) is 0 Å². The molecule has 1 fully saturated rings. The molecule has 0 aromatic heterocycles. The maximum Gasteiger partial charge on any atom is 0.0236 e. The van der Waals surface area contributed by atoms with Gasteiger partial charge in [-0.2, -0.15) is 0 Å². The smallest absolute Gasteiger partial charge is 0.0236 e. The van der Waals surface area contributed by atoms with Crippen LogP contribution in [-0.2, 0) is 6.54 Å². The predicted molar refractivity (Wildman–Crippen MR) is 55.8 cm³/mol. The monoisotopic (exact) mass is 175 g/mol. The van der Waals surface area contributed by atoms with E-state index in [4.69, 9.17) is 0 Å². The van der Waals surface area contributed by atoms with Crippen molar-refractivity contribution >= 4 is 0 Å². The third kappa shape index (κ3) is 1.75. The van der Waals surface area contributed by atoms with Gasteiger partial charge in [-0.1, -0.05) is 18.2 Å². The molecule has 1 heteroatoms. The second-order valence-electron chi connectivity index (χ2n) is 3.99. The van der Waals surface area contributed by atoms with Crippen LogP contribution in [0.2, 0.25) is 0 Å². The summed E-state index contributed by atoms with van der Waals surface area (Å²) in [7, 11) is 0. The van der Waals surface area contributed by atoms with Crippen molar-refractivity contribution in [2.75, 3.05) is 13.1 Å². The second-order valence-corrected chi connectivity index (χ2v) is 3.99. The topological polar surface area (TPSA) is 3.24 Å². The first-order valence-electron chi connectivity index (χ1n) is 5.05. The van der Waals surface area contributed by atoms with E-state index >= 15 is 0 Å². The molecule has 0 aliphatic carbocycles. The quantitative estimate of drug-likeness (QED) is 0.667. The first-order valence-corrected chi connectivity index (χ1v) is 5.05. The van der Waals surface area contributed by atoms with Gasteiger partial charge in [-0.3, -0.25) is 4.90 Å². The van der Waals surface area contributed by atoms with Crippen LogP contribution in [0.1, 0.15) is 23.1 Å². The average molecular weight is 175 g/mol. The van der Waals surface area contributed by atoms with Crippen LogP contribution in [0.5, 0.6) is 0 Å². The fraction of sp³-hybridized carbons (Fsp3) is 0.500. The summed E-state index contributed by atoms with van der Waals surface area (Å²) >= 11 is 0. The Hall–Kier alpha value is -0.820. The van der Waals surface area contributed by atoms with Gasteiger partial charge >= 0.3 is 0 Å². The molecule has 0 atom stereocenters. The molecule has 0 unspecified atom stereocenters. The van der Waals surface area contributed by atoms with Crippen molar-refractivity contribution in [2.24, 2.45) is 0 Å². The van der Waals surface area contributed by atoms with Crippen LogP contribution in [-0.4, -0.2) is 18.0 Å². The summed E-state index contributed by atoms with van der Waals surface area (Å²) in [6, 6.07) is 6.60. The average Bonchev–Trinajstić information content (AvgIpc) is 2.04. The van der Waals surface area contributed by atoms with Crippen molar-refractivity contribution < 1.29 is 0 Å². The van der Waals surface area contributed by atoms with Gasteiger partial charge in [0.2, 0.25) is 0 Å². The minimum Gasteiger partial charge on any atom is -0.299 e. The van der Waals surface area contributed by atoms with Gasteiger partial charge in [0, 0.05) is 6.54 Å². The summed E-state index contributed by atoms with van der Waals surface area (Å²) in [6.45, 7) is 8.13. The number of nitrogens with zero attached hydrogens (tertiary/aromatic N) is 1. The Labute approximate surface area is 80.4 Å². The van der Waals surface area contributed by atoms with E-state index in [-0.39, 0.29) is 0 Å². The number of aryl methyl sites for hydroxylation is 1. The molecule has 1 aromatic rings. The summed E-state index contributed by atoms with van der Waals surface area (Å²) in [6.07, 6.45) is 1.38. The van der Waals surface area contributed by atoms with Crippen molar-refractivity contribution in [2.45, 2.75) is 26.8 Å². The number of benzene rings is 1. The van der Waals surface area contributed by atoms with Crippen molar-refractivity contribution in [1.29, 1.82) is 0 Å². The predicted octanol–water partition coefficient (Wildman–Crippen LogP) is 2.51. The molecular formula is C12H17N. The largest absolute Gasteiger partial charge is 0.299 e. The van der Waals surface area contributed by atoms with E-state index in [1.165, 1.54) is 36.2 Å². The Balaban J connectivity index is 2.14. The lowest BCUT2D eigenvalue weighted by Crippen LogP contribution is -2.36. The van der Waals surface area contributed by atoms with Crippen molar-refractivity contribution in [1.82, 2.24) is 4.90 Å². The number of likely N-dealkylation sites (tertiary alicyclic amines) is 1. The van der Waals surface area contributed by atoms with Crippen LogP contribution in [0.4, 0.5) is 0 Å². The summed E-state index contributed by atoms with van der Waals surface area (Å²) in [5.74, 6) is 0. The van der Waals surface area contributed by atoms with Gasteiger partial charge in [-0.15, -0.1) is 0 Å². The molecule has 2 rings (SSSR count). The maximum atomic E-state index is 2.50. The van der Waals surface area contributed by atoms with Crippen molar-refractivity contribution in [3.8, 4) is 0 Å². The minimum atomic E-state index is 1.15. The van der Waals surface area contributed by atoms with Crippen LogP contribution < -0.4 is 0 Å². The van der Waals surface area contributed by atoms with Gasteiger partial charge in [0.15, 0.2) is 0 Å². The van der Waals surface area contributed by atoms with Gasteiger partial charge in [-0.05, 0) is 50.0 Å². The summed E-state index contributed by atoms with van der Waals surface area (Å²) in [5, 5.41) is 0. The third-order valence-corrected chi connectivity index (χ3v) is 3.06. The fourth-order valence-electron chi connectivity index (χ4n) is 1.76. The zero-order valence-electron chi connectivity index (χ0n) is 8.51. The summed E-state index contributed by atoms with van der Waals surface area (Å²) in [5.41, 5.74) is 4.38. The molecular weight excluding hydrogens is 158 g/mol. The van der Waals surface area contributed by atoms with E-state index in [2.05, 4.69) is 36.9 Å². The van der Waals surface area contributed by atoms with Crippen LogP contribution in [0.25, 0.3) is 0 Å². The van der Waals surface area contributed by atoms with Crippen LogP contribution >= 0.6 is 0 Å². The molecule has 1 aliphatic rings. The summed E-state index contributed by atoms with van der Waals surface area (Å²) < 4.78 is 0. The van der Waals surface area contributed by atoms with Gasteiger partial charge in [0.05, 0.1) is 0 Å². The van der Waals surface area contributed by atoms with Crippen LogP contribution in [0, 0.1) is 13.8 Å². The standard InChI is InChI=1S/C12H17N/c1-10-5-3-6-12(11(10)2)9-13-7-4-8-13/h3,5-6H,4,7-9H2,1-2H3. The molecule has 1 aromatic carbocycles. The Morgan fingerprint density at radius 2 is 2.00 bits per heavy atom. The van der Waals surface area contributed by atoms with Gasteiger partial charge in [0.1, 0.15) is 0 Å². The fourth-order valence-corrected chi connectivity index (χ4v) is 1.76. The highest BCUT2D eigenvalue weighted by atomic mass is 15.2. The SMILES string of the molecule is Cc1cccc(CN2CCC2)c1C. The Morgan fingerprint density at radius 3 is 2.62 bits per heavy atom. The first kappa shape index (κ1) is 8.76. The molecule has 13 heavy (non-hydrogen) atoms. The van der Waals surface area contributed by atoms with E-state index in [0.29, 0.717) is 0 Å². The van der Waals surface area contributed by atoms with Crippen molar-refractivity contribution in [3.05, 3.63) is 34.9 Å². The van der Waals surface area contributed by atoms with E-state index in [1.807, 2.05) is 0 Å². The molecule has 0 radical (unpaired) electrons. The molecule has 1 heterocycles. The molecule has 0 saturated carbocycles. The molecule has 1 aliphatic heterocycles. The Kier molecular flexibility index (Phi) is 2.36. The van der Waals surface area contributed by atoms with E-state index in [9.17, 15) is 0 Å². The van der Waals surface area contributed by atoms with Gasteiger partial charge in [-0.25, -0.2) is 0 Å². The Morgan fingerprint density at radius 1 is 1.23 bits per heavy atom. The third-order valence-electron chi connectivity index (χ3n) is 3.06. The number of hydrogen-bond donors (Lipinski definition) is 0. The lowest BCUT2D eigenvalue weighted by atomic mass is 10.0. The second kappa shape index (κ2) is 3.51. The number of hydrogen-bond acceptors (Lipinski definition) is 1. The zero-order chi connectivity index (χ0) is 9.26. The highest BCUT2D eigenvalue weighted by Crippen LogP contribution is 2.17. The first-order chi connectivity index (χ1) is 6.27. The van der Waals surface area contributed by atoms with E-state index < -0.39 is 0 Å². The summed E-state index contributed by atoms with van der Waals surface area (Å²) in [4.78, 5) is 2.50. The minimum absolute atomic E-state index is 1.15. The van der Waals surface area contributed by atoms with Gasteiger partial charge in [0.25, 0.3) is 0 Å². The highest BCUT2D eigenvalue weighted by Gasteiger charge is 2.14. The van der Waals surface area contributed by atoms with E-state index in [0.717, 1.165) is 6.54 Å². The normalized spacial score (nSPS) is 17.1. The van der Waals surface area contributed by atoms with Crippen molar-refractivity contribution in [3.63, 3.8) is 0 Å². The lowest BCUT2D eigenvalue weighted by molar-refractivity contribution is 0.172. The number of rotatable bonds is 2. The van der Waals surface area contributed by atoms with Crippen LogP contribution in [0.3, 0.4) is 0 Å². The molecule has 70 valence electrons. The molecule has 0 amide bonds. The molecule has 1 saturated heterocycles. The van der Waals surface area contributed by atoms with Crippen LogP contribution in [0.15, 0.2) is 18.2 Å². The Bertz CT molecular complexity index is 300. The molecule has 0 spiro atoms. The zero-order valence-corrected chi connectivity index (χ0v) is 8.51. The molecule has 0 N–H and O–H groups in total.